The monoisotopic (exact) mass is 402 g/mol. The van der Waals surface area contributed by atoms with Crippen molar-refractivity contribution in [2.75, 3.05) is 26.2 Å². The number of nitroso groups, excluding NO2 is 1. The molecule has 1 aliphatic rings. The third-order valence-corrected chi connectivity index (χ3v) is 6.33. The molecule has 1 aliphatic heterocycles. The number of halogens is 2. The zero-order valence-corrected chi connectivity index (χ0v) is 15.9. The molecule has 0 amide bonds. The van der Waals surface area contributed by atoms with E-state index in [0.29, 0.717) is 35.7 Å². The molecule has 2 aromatic rings. The van der Waals surface area contributed by atoms with Crippen molar-refractivity contribution in [3.05, 3.63) is 32.1 Å². The Labute approximate surface area is 158 Å². The molecule has 0 aliphatic carbocycles. The van der Waals surface area contributed by atoms with E-state index in [0.717, 1.165) is 18.5 Å². The molecule has 0 radical (unpaired) electrons. The third kappa shape index (κ3) is 4.60. The number of likely N-dealkylation sites (tertiary alicyclic amines) is 1. The van der Waals surface area contributed by atoms with Crippen molar-refractivity contribution in [3.63, 3.8) is 0 Å². The average molecular weight is 402 g/mol. The van der Waals surface area contributed by atoms with Crippen LogP contribution in [0.1, 0.15) is 41.6 Å². The third-order valence-electron chi connectivity index (χ3n) is 4.51. The van der Waals surface area contributed by atoms with Gasteiger partial charge >= 0.3 is 0 Å². The second-order valence-corrected chi connectivity index (χ2v) is 7.98. The van der Waals surface area contributed by atoms with Gasteiger partial charge < -0.3 is 4.74 Å². The molecule has 0 saturated carbocycles. The Balaban J connectivity index is 1.57. The SMILES string of the molecule is Cc1csc(OCC2CCN(C(CN=O)c3scnc3C(F)F)CC2)n1. The van der Waals surface area contributed by atoms with E-state index in [4.69, 9.17) is 4.74 Å². The van der Waals surface area contributed by atoms with Crippen LogP contribution in [-0.4, -0.2) is 41.1 Å². The second kappa shape index (κ2) is 8.92. The number of thiazole rings is 2. The Morgan fingerprint density at radius 3 is 2.77 bits per heavy atom. The van der Waals surface area contributed by atoms with Crippen LogP contribution in [0.3, 0.4) is 0 Å². The molecule has 1 unspecified atom stereocenters. The van der Waals surface area contributed by atoms with E-state index in [9.17, 15) is 13.7 Å². The molecular formula is C16H20F2N4O2S2. The first kappa shape index (κ1) is 19.2. The molecule has 1 saturated heterocycles. The van der Waals surface area contributed by atoms with Gasteiger partial charge in [0.2, 0.25) is 0 Å². The summed E-state index contributed by atoms with van der Waals surface area (Å²) < 4.78 is 32.0. The number of nitrogens with zero attached hydrogens (tertiary/aromatic N) is 4. The van der Waals surface area contributed by atoms with Crippen molar-refractivity contribution in [1.29, 1.82) is 0 Å². The van der Waals surface area contributed by atoms with Gasteiger partial charge in [0.15, 0.2) is 0 Å². The molecule has 0 N–H and O–H groups in total. The molecule has 0 spiro atoms. The highest BCUT2D eigenvalue weighted by atomic mass is 32.1. The first-order valence-corrected chi connectivity index (χ1v) is 10.1. The van der Waals surface area contributed by atoms with Crippen molar-refractivity contribution in [3.8, 4) is 5.19 Å². The standard InChI is InChI=1S/C16H20F2N4O2S2/c1-10-8-25-16(21-10)24-7-11-2-4-22(5-3-11)12(6-20-23)14-13(15(17)18)19-9-26-14/h8-9,11-12,15H,2-7H2,1H3. The lowest BCUT2D eigenvalue weighted by atomic mass is 9.96. The number of ether oxygens (including phenoxy) is 1. The summed E-state index contributed by atoms with van der Waals surface area (Å²) in [6.45, 7) is 3.91. The van der Waals surface area contributed by atoms with Crippen LogP contribution in [0.25, 0.3) is 0 Å². The van der Waals surface area contributed by atoms with Gasteiger partial charge in [0.1, 0.15) is 12.2 Å². The highest BCUT2D eigenvalue weighted by Gasteiger charge is 2.31. The smallest absolute Gasteiger partial charge is 0.281 e. The maximum atomic E-state index is 13.1. The fourth-order valence-corrected chi connectivity index (χ4v) is 4.71. The van der Waals surface area contributed by atoms with Gasteiger partial charge in [-0.15, -0.1) is 11.3 Å². The lowest BCUT2D eigenvalue weighted by molar-refractivity contribution is 0.105. The van der Waals surface area contributed by atoms with Gasteiger partial charge in [-0.05, 0) is 38.8 Å². The van der Waals surface area contributed by atoms with Crippen LogP contribution in [0.15, 0.2) is 16.1 Å². The fourth-order valence-electron chi connectivity index (χ4n) is 3.13. The molecule has 1 fully saturated rings. The van der Waals surface area contributed by atoms with Crippen molar-refractivity contribution < 1.29 is 13.5 Å². The number of aromatic nitrogens is 2. The number of aryl methyl sites for hydroxylation is 1. The van der Waals surface area contributed by atoms with Crippen LogP contribution in [0.4, 0.5) is 8.78 Å². The van der Waals surface area contributed by atoms with Crippen LogP contribution in [0.5, 0.6) is 5.19 Å². The maximum absolute atomic E-state index is 13.1. The molecule has 26 heavy (non-hydrogen) atoms. The van der Waals surface area contributed by atoms with Gasteiger partial charge in [0, 0.05) is 5.38 Å². The zero-order chi connectivity index (χ0) is 18.5. The minimum Gasteiger partial charge on any atom is -0.470 e. The quantitative estimate of drug-likeness (QED) is 0.611. The van der Waals surface area contributed by atoms with Gasteiger partial charge in [-0.3, -0.25) is 4.90 Å². The van der Waals surface area contributed by atoms with Gasteiger partial charge in [0.25, 0.3) is 11.6 Å². The predicted molar refractivity (Wildman–Crippen MR) is 97.1 cm³/mol. The highest BCUT2D eigenvalue weighted by Crippen LogP contribution is 2.35. The van der Waals surface area contributed by atoms with Gasteiger partial charge in [-0.2, -0.15) is 4.91 Å². The molecule has 6 nitrogen and oxygen atoms in total. The topological polar surface area (TPSA) is 67.7 Å². The van der Waals surface area contributed by atoms with E-state index >= 15 is 0 Å². The Hall–Kier alpha value is -1.52. The summed E-state index contributed by atoms with van der Waals surface area (Å²) in [5.74, 6) is 0.385. The molecule has 2 aromatic heterocycles. The van der Waals surface area contributed by atoms with Gasteiger partial charge in [-0.1, -0.05) is 16.5 Å². The maximum Gasteiger partial charge on any atom is 0.281 e. The summed E-state index contributed by atoms with van der Waals surface area (Å²) in [7, 11) is 0. The van der Waals surface area contributed by atoms with Crippen molar-refractivity contribution in [2.45, 2.75) is 32.2 Å². The molecule has 0 aromatic carbocycles. The molecular weight excluding hydrogens is 382 g/mol. The normalized spacial score (nSPS) is 17.5. The van der Waals surface area contributed by atoms with Crippen LogP contribution < -0.4 is 4.74 Å². The highest BCUT2D eigenvalue weighted by molar-refractivity contribution is 7.11. The lowest BCUT2D eigenvalue weighted by Gasteiger charge is -2.36. The molecule has 1 atom stereocenters. The second-order valence-electron chi connectivity index (χ2n) is 6.28. The number of rotatable bonds is 8. The number of piperidine rings is 1. The Kier molecular flexibility index (Phi) is 6.60. The average Bonchev–Trinajstić information content (AvgIpc) is 3.27. The Morgan fingerprint density at radius 2 is 2.15 bits per heavy atom. The number of hydrogen-bond acceptors (Lipinski definition) is 8. The van der Waals surface area contributed by atoms with Crippen LogP contribution in [0, 0.1) is 17.7 Å². The van der Waals surface area contributed by atoms with Crippen LogP contribution in [0.2, 0.25) is 0 Å². The summed E-state index contributed by atoms with van der Waals surface area (Å²) >= 11 is 2.65. The number of alkyl halides is 2. The van der Waals surface area contributed by atoms with Crippen molar-refractivity contribution in [1.82, 2.24) is 14.9 Å². The van der Waals surface area contributed by atoms with E-state index in [2.05, 4.69) is 20.0 Å². The molecule has 142 valence electrons. The first-order chi connectivity index (χ1) is 12.6. The van der Waals surface area contributed by atoms with E-state index in [1.54, 1.807) is 0 Å². The van der Waals surface area contributed by atoms with E-state index in [1.165, 1.54) is 28.2 Å². The largest absolute Gasteiger partial charge is 0.470 e. The molecule has 3 heterocycles. The predicted octanol–water partition coefficient (Wildman–Crippen LogP) is 4.44. The fraction of sp³-hybridized carbons (Fsp3) is 0.625. The molecule has 3 rings (SSSR count). The van der Waals surface area contributed by atoms with E-state index < -0.39 is 12.5 Å². The Bertz CT molecular complexity index is 717. The van der Waals surface area contributed by atoms with E-state index in [-0.39, 0.29) is 12.2 Å². The van der Waals surface area contributed by atoms with Gasteiger partial charge in [-0.25, -0.2) is 18.7 Å². The summed E-state index contributed by atoms with van der Waals surface area (Å²) in [5.41, 5.74) is 2.13. The summed E-state index contributed by atoms with van der Waals surface area (Å²) in [5, 5.41) is 5.60. The van der Waals surface area contributed by atoms with Crippen molar-refractivity contribution in [2.24, 2.45) is 11.1 Å². The zero-order valence-electron chi connectivity index (χ0n) is 14.3. The minimum atomic E-state index is -2.64. The van der Waals surface area contributed by atoms with Gasteiger partial charge in [0.05, 0.1) is 28.7 Å². The summed E-state index contributed by atoms with van der Waals surface area (Å²) in [6, 6.07) is -0.424. The lowest BCUT2D eigenvalue weighted by Crippen LogP contribution is -2.39. The Morgan fingerprint density at radius 1 is 1.38 bits per heavy atom. The number of hydrogen-bond donors (Lipinski definition) is 0. The first-order valence-electron chi connectivity index (χ1n) is 8.38. The summed E-state index contributed by atoms with van der Waals surface area (Å²) in [6.07, 6.45) is -0.886. The molecule has 0 bridgehead atoms. The minimum absolute atomic E-state index is 0.0402. The summed E-state index contributed by atoms with van der Waals surface area (Å²) in [4.78, 5) is 21.4. The van der Waals surface area contributed by atoms with Crippen LogP contribution in [-0.2, 0) is 0 Å². The van der Waals surface area contributed by atoms with Crippen molar-refractivity contribution >= 4 is 22.7 Å². The van der Waals surface area contributed by atoms with E-state index in [1.807, 2.05) is 12.3 Å². The molecule has 10 heteroatoms. The van der Waals surface area contributed by atoms with Crippen LogP contribution >= 0.6 is 22.7 Å².